The van der Waals surface area contributed by atoms with Gasteiger partial charge in [-0.2, -0.15) is 0 Å². The number of nitrogens with one attached hydrogen (secondary N) is 2. The van der Waals surface area contributed by atoms with E-state index in [-0.39, 0.29) is 0 Å². The van der Waals surface area contributed by atoms with Gasteiger partial charge in [-0.1, -0.05) is 25.1 Å². The first-order valence-corrected chi connectivity index (χ1v) is 9.94. The van der Waals surface area contributed by atoms with Crippen molar-refractivity contribution in [3.63, 3.8) is 0 Å². The predicted octanol–water partition coefficient (Wildman–Crippen LogP) is 3.17. The first kappa shape index (κ1) is 21.8. The topological polar surface area (TPSA) is 54.9 Å². The van der Waals surface area contributed by atoms with Crippen molar-refractivity contribution in [3.05, 3.63) is 30.3 Å². The number of benzene rings is 1. The van der Waals surface area contributed by atoms with E-state index in [9.17, 15) is 0 Å². The van der Waals surface area contributed by atoms with Crippen LogP contribution in [-0.2, 0) is 9.47 Å². The third kappa shape index (κ3) is 11.9. The molecule has 0 fully saturated rings. The van der Waals surface area contributed by atoms with Crippen molar-refractivity contribution in [1.29, 1.82) is 0 Å². The largest absolute Gasteiger partial charge is 0.382 e. The second-order valence-corrected chi connectivity index (χ2v) is 7.21. The number of ether oxygens (including phenoxy) is 2. The van der Waals surface area contributed by atoms with Crippen LogP contribution in [0.4, 0.5) is 0 Å². The summed E-state index contributed by atoms with van der Waals surface area (Å²) in [6.07, 6.45) is 2.10. The lowest BCUT2D eigenvalue weighted by atomic mass is 10.3. The van der Waals surface area contributed by atoms with E-state index in [0.717, 1.165) is 45.0 Å². The summed E-state index contributed by atoms with van der Waals surface area (Å²) in [5, 5.41) is 7.13. The number of nitrogens with zero attached hydrogens (tertiary/aromatic N) is 1. The van der Waals surface area contributed by atoms with Crippen LogP contribution in [0.15, 0.2) is 40.2 Å². The van der Waals surface area contributed by atoms with Crippen LogP contribution in [0.5, 0.6) is 0 Å². The number of thioether (sulfide) groups is 1. The first-order chi connectivity index (χ1) is 12.3. The van der Waals surface area contributed by atoms with E-state index < -0.39 is 0 Å². The Bertz CT molecular complexity index is 457. The number of hydrogen-bond acceptors (Lipinski definition) is 4. The third-order valence-corrected chi connectivity index (χ3v) is 4.47. The van der Waals surface area contributed by atoms with Crippen molar-refractivity contribution < 1.29 is 9.47 Å². The van der Waals surface area contributed by atoms with Gasteiger partial charge in [0, 0.05) is 37.0 Å². The fourth-order valence-corrected chi connectivity index (χ4v) is 3.04. The summed E-state index contributed by atoms with van der Waals surface area (Å²) in [5.41, 5.74) is 0. The molecule has 0 radical (unpaired) electrons. The first-order valence-electron chi connectivity index (χ1n) is 9.06. The van der Waals surface area contributed by atoms with Crippen molar-refractivity contribution in [2.24, 2.45) is 4.99 Å². The zero-order valence-corrected chi connectivity index (χ0v) is 16.6. The van der Waals surface area contributed by atoms with E-state index in [2.05, 4.69) is 48.7 Å². The summed E-state index contributed by atoms with van der Waals surface area (Å²) in [7, 11) is 1.69. The summed E-state index contributed by atoms with van der Waals surface area (Å²) < 4.78 is 10.4. The second kappa shape index (κ2) is 15.0. The van der Waals surface area contributed by atoms with Crippen molar-refractivity contribution in [2.75, 3.05) is 46.6 Å². The Kier molecular flexibility index (Phi) is 13.1. The van der Waals surface area contributed by atoms with Gasteiger partial charge in [-0.3, -0.25) is 4.99 Å². The molecular weight excluding hydrogens is 334 g/mol. The van der Waals surface area contributed by atoms with Gasteiger partial charge in [-0.05, 0) is 31.9 Å². The van der Waals surface area contributed by atoms with Gasteiger partial charge < -0.3 is 20.1 Å². The highest BCUT2D eigenvalue weighted by atomic mass is 32.2. The molecule has 1 atom stereocenters. The lowest BCUT2D eigenvalue weighted by Crippen LogP contribution is -2.38. The Morgan fingerprint density at radius 3 is 2.64 bits per heavy atom. The average Bonchev–Trinajstić information content (AvgIpc) is 2.62. The van der Waals surface area contributed by atoms with Crippen LogP contribution >= 0.6 is 11.8 Å². The van der Waals surface area contributed by atoms with Gasteiger partial charge in [0.15, 0.2) is 5.96 Å². The molecule has 1 unspecified atom stereocenters. The maximum atomic E-state index is 5.46. The van der Waals surface area contributed by atoms with Crippen LogP contribution in [-0.4, -0.2) is 57.8 Å². The van der Waals surface area contributed by atoms with E-state index in [4.69, 9.17) is 14.5 Å². The van der Waals surface area contributed by atoms with E-state index in [1.54, 1.807) is 7.11 Å². The van der Waals surface area contributed by atoms with Crippen molar-refractivity contribution in [1.82, 2.24) is 10.6 Å². The summed E-state index contributed by atoms with van der Waals surface area (Å²) in [5.74, 6) is 0.892. The molecule has 5 nitrogen and oxygen atoms in total. The number of aliphatic imine (C=N–C) groups is 1. The number of rotatable bonds is 13. The maximum Gasteiger partial charge on any atom is 0.191 e. The minimum Gasteiger partial charge on any atom is -0.382 e. The predicted molar refractivity (Wildman–Crippen MR) is 108 cm³/mol. The van der Waals surface area contributed by atoms with Crippen molar-refractivity contribution >= 4 is 17.7 Å². The summed E-state index contributed by atoms with van der Waals surface area (Å²) in [6, 6.07) is 10.5. The molecule has 1 aromatic carbocycles. The highest BCUT2D eigenvalue weighted by Gasteiger charge is 2.04. The monoisotopic (exact) mass is 367 g/mol. The lowest BCUT2D eigenvalue weighted by Gasteiger charge is -2.13. The summed E-state index contributed by atoms with van der Waals surface area (Å²) in [6.45, 7) is 8.97. The SMILES string of the molecule is CCNC(=NCC(C)Sc1ccccc1)NCCCCOCCOC. The van der Waals surface area contributed by atoms with E-state index in [0.29, 0.717) is 18.5 Å². The zero-order chi connectivity index (χ0) is 18.2. The van der Waals surface area contributed by atoms with Crippen molar-refractivity contribution in [2.45, 2.75) is 36.8 Å². The highest BCUT2D eigenvalue weighted by Crippen LogP contribution is 2.22. The van der Waals surface area contributed by atoms with E-state index in [1.807, 2.05) is 17.8 Å². The quantitative estimate of drug-likeness (QED) is 0.243. The average molecular weight is 368 g/mol. The van der Waals surface area contributed by atoms with Gasteiger partial charge >= 0.3 is 0 Å². The normalized spacial score (nSPS) is 12.8. The Morgan fingerprint density at radius 1 is 1.12 bits per heavy atom. The van der Waals surface area contributed by atoms with Gasteiger partial charge in [0.25, 0.3) is 0 Å². The molecule has 6 heteroatoms. The molecule has 25 heavy (non-hydrogen) atoms. The van der Waals surface area contributed by atoms with Gasteiger partial charge in [0.2, 0.25) is 0 Å². The van der Waals surface area contributed by atoms with Gasteiger partial charge in [0.1, 0.15) is 0 Å². The zero-order valence-electron chi connectivity index (χ0n) is 15.8. The number of methoxy groups -OCH3 is 1. The second-order valence-electron chi connectivity index (χ2n) is 5.70. The van der Waals surface area contributed by atoms with E-state index in [1.165, 1.54) is 4.90 Å². The number of hydrogen-bond donors (Lipinski definition) is 2. The maximum absolute atomic E-state index is 5.46. The third-order valence-electron chi connectivity index (χ3n) is 3.37. The van der Waals surface area contributed by atoms with Crippen LogP contribution in [0.2, 0.25) is 0 Å². The molecule has 0 saturated heterocycles. The molecule has 0 aliphatic heterocycles. The standard InChI is InChI=1S/C19H33N3O2S/c1-4-20-19(21-12-8-9-13-24-15-14-23-3)22-16-17(2)25-18-10-6-5-7-11-18/h5-7,10-11,17H,4,8-9,12-16H2,1-3H3,(H2,20,21,22). The molecule has 0 saturated carbocycles. The minimum absolute atomic E-state index is 0.437. The Hall–Kier alpha value is -1.24. The molecular formula is C19H33N3O2S. The molecule has 0 amide bonds. The highest BCUT2D eigenvalue weighted by molar-refractivity contribution is 8.00. The molecule has 1 aromatic rings. The molecule has 0 heterocycles. The van der Waals surface area contributed by atoms with Gasteiger partial charge in [0.05, 0.1) is 19.8 Å². The van der Waals surface area contributed by atoms with E-state index >= 15 is 0 Å². The summed E-state index contributed by atoms with van der Waals surface area (Å²) in [4.78, 5) is 5.98. The summed E-state index contributed by atoms with van der Waals surface area (Å²) >= 11 is 1.86. The van der Waals surface area contributed by atoms with Crippen LogP contribution in [0.1, 0.15) is 26.7 Å². The molecule has 1 rings (SSSR count). The Balaban J connectivity index is 2.21. The Labute approximate surface area is 157 Å². The Morgan fingerprint density at radius 2 is 1.92 bits per heavy atom. The van der Waals surface area contributed by atoms with Crippen molar-refractivity contribution in [3.8, 4) is 0 Å². The van der Waals surface area contributed by atoms with Crippen LogP contribution in [0.25, 0.3) is 0 Å². The molecule has 2 N–H and O–H groups in total. The van der Waals surface area contributed by atoms with Gasteiger partial charge in [-0.25, -0.2) is 0 Å². The van der Waals surface area contributed by atoms with Gasteiger partial charge in [-0.15, -0.1) is 11.8 Å². The molecule has 0 spiro atoms. The lowest BCUT2D eigenvalue weighted by molar-refractivity contribution is 0.0689. The van der Waals surface area contributed by atoms with Crippen LogP contribution < -0.4 is 10.6 Å². The van der Waals surface area contributed by atoms with Crippen LogP contribution in [0, 0.1) is 0 Å². The molecule has 142 valence electrons. The number of guanidine groups is 1. The minimum atomic E-state index is 0.437. The molecule has 0 aliphatic rings. The smallest absolute Gasteiger partial charge is 0.191 e. The number of unbranched alkanes of at least 4 members (excludes halogenated alkanes) is 1. The van der Waals surface area contributed by atoms with Crippen LogP contribution in [0.3, 0.4) is 0 Å². The molecule has 0 bridgehead atoms. The molecule has 0 aliphatic carbocycles. The fourth-order valence-electron chi connectivity index (χ4n) is 2.11. The molecule has 0 aromatic heterocycles. The fraction of sp³-hybridized carbons (Fsp3) is 0.632.